The molecule has 0 aliphatic rings. The summed E-state index contributed by atoms with van der Waals surface area (Å²) >= 11 is 1.59. The van der Waals surface area contributed by atoms with Gasteiger partial charge in [0.1, 0.15) is 18.0 Å². The Morgan fingerprint density at radius 2 is 2.22 bits per heavy atom. The first-order valence-electron chi connectivity index (χ1n) is 5.65. The molecule has 2 rings (SSSR count). The highest BCUT2D eigenvalue weighted by Gasteiger charge is 2.13. The van der Waals surface area contributed by atoms with Crippen LogP contribution in [0.25, 0.3) is 0 Å². The minimum absolute atomic E-state index is 0.674. The van der Waals surface area contributed by atoms with E-state index in [0.29, 0.717) is 5.82 Å². The molecule has 2 aromatic heterocycles. The number of anilines is 2. The molecule has 0 radical (unpaired) electrons. The highest BCUT2D eigenvalue weighted by atomic mass is 32.1. The fourth-order valence-electron chi connectivity index (χ4n) is 1.82. The molecule has 0 bridgehead atoms. The topological polar surface area (TPSA) is 80.0 Å². The van der Waals surface area contributed by atoms with Crippen LogP contribution in [0.15, 0.2) is 17.2 Å². The second-order valence-electron chi connectivity index (χ2n) is 3.86. The summed E-state index contributed by atoms with van der Waals surface area (Å²) in [4.78, 5) is 14.8. The minimum Gasteiger partial charge on any atom is -0.353 e. The number of hydrogen-bond donors (Lipinski definition) is 2. The summed E-state index contributed by atoms with van der Waals surface area (Å²) in [5.41, 5.74) is 6.48. The van der Waals surface area contributed by atoms with Crippen molar-refractivity contribution in [2.45, 2.75) is 19.9 Å². The van der Waals surface area contributed by atoms with E-state index in [1.165, 1.54) is 6.33 Å². The lowest BCUT2D eigenvalue weighted by Gasteiger charge is -2.20. The molecule has 96 valence electrons. The Kier molecular flexibility index (Phi) is 4.06. The van der Waals surface area contributed by atoms with Crippen molar-refractivity contribution >= 4 is 23.0 Å². The van der Waals surface area contributed by atoms with E-state index in [2.05, 4.69) is 32.2 Å². The van der Waals surface area contributed by atoms with E-state index >= 15 is 0 Å². The number of nitrogens with two attached hydrogens (primary N) is 1. The van der Waals surface area contributed by atoms with Crippen LogP contribution in [0.2, 0.25) is 0 Å². The van der Waals surface area contributed by atoms with Gasteiger partial charge in [0.2, 0.25) is 0 Å². The van der Waals surface area contributed by atoms with Gasteiger partial charge in [-0.3, -0.25) is 0 Å². The molecular weight excluding hydrogens is 248 g/mol. The molecule has 0 amide bonds. The molecule has 0 atom stereocenters. The van der Waals surface area contributed by atoms with Gasteiger partial charge >= 0.3 is 0 Å². The van der Waals surface area contributed by atoms with Gasteiger partial charge in [-0.1, -0.05) is 6.92 Å². The Balaban J connectivity index is 2.26. The standard InChI is InChI=1S/C11H16N6S/c1-3-9-10(16-12)13-6-14-11(9)17(2)4-8-5-18-7-15-8/h5-7H,3-4,12H2,1-2H3,(H,13,14,16). The van der Waals surface area contributed by atoms with Crippen LogP contribution < -0.4 is 16.2 Å². The van der Waals surface area contributed by atoms with Gasteiger partial charge in [-0.15, -0.1) is 11.3 Å². The molecular formula is C11H16N6S. The lowest BCUT2D eigenvalue weighted by molar-refractivity contribution is 0.852. The maximum Gasteiger partial charge on any atom is 0.148 e. The highest BCUT2D eigenvalue weighted by molar-refractivity contribution is 7.07. The van der Waals surface area contributed by atoms with Crippen LogP contribution >= 0.6 is 11.3 Å². The molecule has 6 nitrogen and oxygen atoms in total. The maximum atomic E-state index is 5.46. The van der Waals surface area contributed by atoms with Gasteiger partial charge in [0.15, 0.2) is 0 Å². The number of hydrogen-bond acceptors (Lipinski definition) is 7. The number of thiazole rings is 1. The first-order chi connectivity index (χ1) is 8.76. The van der Waals surface area contributed by atoms with Crippen molar-refractivity contribution in [1.82, 2.24) is 15.0 Å². The molecule has 0 fully saturated rings. The highest BCUT2D eigenvalue weighted by Crippen LogP contribution is 2.23. The molecule has 0 saturated carbocycles. The fourth-order valence-corrected chi connectivity index (χ4v) is 2.37. The van der Waals surface area contributed by atoms with Gasteiger partial charge in [-0.2, -0.15) is 0 Å². The van der Waals surface area contributed by atoms with Crippen LogP contribution in [0.1, 0.15) is 18.2 Å². The van der Waals surface area contributed by atoms with Crippen molar-refractivity contribution in [2.24, 2.45) is 5.84 Å². The van der Waals surface area contributed by atoms with Crippen molar-refractivity contribution in [2.75, 3.05) is 17.4 Å². The quantitative estimate of drug-likeness (QED) is 0.628. The zero-order chi connectivity index (χ0) is 13.0. The Morgan fingerprint density at radius 3 is 2.83 bits per heavy atom. The molecule has 3 N–H and O–H groups in total. The van der Waals surface area contributed by atoms with Crippen molar-refractivity contribution in [3.05, 3.63) is 28.5 Å². The van der Waals surface area contributed by atoms with E-state index in [0.717, 1.165) is 30.0 Å². The van der Waals surface area contributed by atoms with Crippen molar-refractivity contribution in [1.29, 1.82) is 0 Å². The van der Waals surface area contributed by atoms with E-state index in [4.69, 9.17) is 5.84 Å². The molecule has 0 aliphatic carbocycles. The summed E-state index contributed by atoms with van der Waals surface area (Å²) in [6.07, 6.45) is 2.33. The number of aromatic nitrogens is 3. The zero-order valence-electron chi connectivity index (χ0n) is 10.4. The Hall–Kier alpha value is -1.73. The number of nitrogen functional groups attached to an aromatic ring is 1. The third kappa shape index (κ3) is 2.57. The first kappa shape index (κ1) is 12.7. The molecule has 7 heteroatoms. The summed E-state index contributed by atoms with van der Waals surface area (Å²) in [6, 6.07) is 0. The van der Waals surface area contributed by atoms with Crippen LogP contribution in [-0.2, 0) is 13.0 Å². The molecule has 0 aromatic carbocycles. The van der Waals surface area contributed by atoms with Crippen molar-refractivity contribution in [3.8, 4) is 0 Å². The molecule has 2 aromatic rings. The van der Waals surface area contributed by atoms with Gasteiger partial charge in [0.25, 0.3) is 0 Å². The predicted octanol–water partition coefficient (Wildman–Crippen LogP) is 1.42. The van der Waals surface area contributed by atoms with Gasteiger partial charge in [-0.05, 0) is 6.42 Å². The van der Waals surface area contributed by atoms with Crippen molar-refractivity contribution < 1.29 is 0 Å². The third-order valence-electron chi connectivity index (χ3n) is 2.66. The molecule has 18 heavy (non-hydrogen) atoms. The van der Waals surface area contributed by atoms with E-state index < -0.39 is 0 Å². The smallest absolute Gasteiger partial charge is 0.148 e. The maximum absolute atomic E-state index is 5.46. The Labute approximate surface area is 110 Å². The second kappa shape index (κ2) is 5.74. The van der Waals surface area contributed by atoms with Crippen LogP contribution in [0.4, 0.5) is 11.6 Å². The molecule has 2 heterocycles. The predicted molar refractivity (Wildman–Crippen MR) is 73.4 cm³/mol. The third-order valence-corrected chi connectivity index (χ3v) is 3.29. The number of rotatable bonds is 5. The Morgan fingerprint density at radius 1 is 1.39 bits per heavy atom. The summed E-state index contributed by atoms with van der Waals surface area (Å²) < 4.78 is 0. The first-order valence-corrected chi connectivity index (χ1v) is 6.59. The van der Waals surface area contributed by atoms with Gasteiger partial charge in [0.05, 0.1) is 17.7 Å². The van der Waals surface area contributed by atoms with Crippen LogP contribution in [0.3, 0.4) is 0 Å². The second-order valence-corrected chi connectivity index (χ2v) is 4.58. The normalized spacial score (nSPS) is 10.4. The summed E-state index contributed by atoms with van der Waals surface area (Å²) in [5.74, 6) is 7.02. The zero-order valence-corrected chi connectivity index (χ0v) is 11.2. The molecule has 0 unspecified atom stereocenters. The number of hydrazine groups is 1. The monoisotopic (exact) mass is 264 g/mol. The van der Waals surface area contributed by atoms with Gasteiger partial charge in [-0.25, -0.2) is 20.8 Å². The molecule has 0 spiro atoms. The summed E-state index contributed by atoms with van der Waals surface area (Å²) in [7, 11) is 1.99. The van der Waals surface area contributed by atoms with Crippen LogP contribution in [0, 0.1) is 0 Å². The number of nitrogens with zero attached hydrogens (tertiary/aromatic N) is 4. The minimum atomic E-state index is 0.674. The van der Waals surface area contributed by atoms with E-state index in [1.54, 1.807) is 11.3 Å². The SMILES string of the molecule is CCc1c(NN)ncnc1N(C)Cc1cscn1. The van der Waals surface area contributed by atoms with E-state index in [-0.39, 0.29) is 0 Å². The summed E-state index contributed by atoms with van der Waals surface area (Å²) in [5, 5.41) is 2.03. The van der Waals surface area contributed by atoms with Crippen molar-refractivity contribution in [3.63, 3.8) is 0 Å². The number of nitrogens with one attached hydrogen (secondary N) is 1. The average Bonchev–Trinajstić information content (AvgIpc) is 2.90. The molecule has 0 aliphatic heterocycles. The van der Waals surface area contributed by atoms with E-state index in [9.17, 15) is 0 Å². The fraction of sp³-hybridized carbons (Fsp3) is 0.364. The van der Waals surface area contributed by atoms with Crippen LogP contribution in [0.5, 0.6) is 0 Å². The van der Waals surface area contributed by atoms with Gasteiger partial charge in [0, 0.05) is 18.0 Å². The Bertz CT molecular complexity index is 498. The summed E-state index contributed by atoms with van der Waals surface area (Å²) in [6.45, 7) is 2.78. The lowest BCUT2D eigenvalue weighted by Crippen LogP contribution is -2.21. The van der Waals surface area contributed by atoms with E-state index in [1.807, 2.05) is 17.9 Å². The molecule has 0 saturated heterocycles. The largest absolute Gasteiger partial charge is 0.353 e. The van der Waals surface area contributed by atoms with Crippen LogP contribution in [-0.4, -0.2) is 22.0 Å². The van der Waals surface area contributed by atoms with Gasteiger partial charge < -0.3 is 10.3 Å². The lowest BCUT2D eigenvalue weighted by atomic mass is 10.2. The average molecular weight is 264 g/mol.